The lowest BCUT2D eigenvalue weighted by molar-refractivity contribution is -0.135. The number of hydrogen-bond donors (Lipinski definition) is 2. The SMILES string of the molecule is COc1cc([C@H]2CC(=O)Oc3cc4c(c(O)c32)C(=O)O[C@@H](C)CCCC(=O)CCCC=C4)ccc1OCC(N)=O. The third-order valence-corrected chi connectivity index (χ3v) is 6.94. The molecule has 0 aromatic heterocycles. The highest BCUT2D eigenvalue weighted by Gasteiger charge is 2.36. The molecule has 2 aromatic carbocycles. The van der Waals surface area contributed by atoms with Gasteiger partial charge in [-0.15, -0.1) is 0 Å². The van der Waals surface area contributed by atoms with E-state index in [4.69, 9.17) is 24.7 Å². The van der Waals surface area contributed by atoms with Crippen LogP contribution in [0.4, 0.5) is 0 Å². The largest absolute Gasteiger partial charge is 0.507 e. The van der Waals surface area contributed by atoms with Crippen molar-refractivity contribution in [2.45, 2.75) is 63.9 Å². The molecule has 3 N–H and O–H groups in total. The van der Waals surface area contributed by atoms with E-state index >= 15 is 0 Å². The molecule has 2 aromatic rings. The molecule has 0 spiro atoms. The van der Waals surface area contributed by atoms with E-state index in [-0.39, 0.29) is 47.2 Å². The number of fused-ring (bicyclic) bond motifs is 2. The minimum Gasteiger partial charge on any atom is -0.507 e. The first kappa shape index (κ1) is 28.7. The molecule has 0 fully saturated rings. The first-order chi connectivity index (χ1) is 19.2. The Hall–Kier alpha value is -4.34. The summed E-state index contributed by atoms with van der Waals surface area (Å²) in [4.78, 5) is 49.3. The van der Waals surface area contributed by atoms with Gasteiger partial charge in [-0.25, -0.2) is 4.79 Å². The third-order valence-electron chi connectivity index (χ3n) is 6.94. The fourth-order valence-electron chi connectivity index (χ4n) is 4.97. The molecule has 0 radical (unpaired) electrons. The van der Waals surface area contributed by atoms with Crippen LogP contribution in [0.2, 0.25) is 0 Å². The van der Waals surface area contributed by atoms with Crippen LogP contribution in [0.3, 0.4) is 0 Å². The number of hydrogen-bond acceptors (Lipinski definition) is 9. The number of cyclic esters (lactones) is 1. The summed E-state index contributed by atoms with van der Waals surface area (Å²) in [5.41, 5.74) is 6.37. The molecule has 212 valence electrons. The van der Waals surface area contributed by atoms with Gasteiger partial charge in [0.2, 0.25) is 0 Å². The van der Waals surface area contributed by atoms with Gasteiger partial charge in [0.15, 0.2) is 18.1 Å². The summed E-state index contributed by atoms with van der Waals surface area (Å²) in [6, 6.07) is 6.45. The molecule has 10 nitrogen and oxygen atoms in total. The minimum absolute atomic E-state index is 0.0219. The van der Waals surface area contributed by atoms with Gasteiger partial charge in [0.25, 0.3) is 5.91 Å². The molecule has 0 saturated carbocycles. The van der Waals surface area contributed by atoms with Crippen LogP contribution in [0.15, 0.2) is 30.3 Å². The number of methoxy groups -OCH3 is 1. The maximum absolute atomic E-state index is 13.4. The summed E-state index contributed by atoms with van der Waals surface area (Å²) in [5.74, 6) is -1.98. The molecular weight excluding hydrogens is 518 g/mol. The lowest BCUT2D eigenvalue weighted by Crippen LogP contribution is -2.23. The Bertz CT molecular complexity index is 1350. The minimum atomic E-state index is -0.709. The number of phenolic OH excluding ortho intramolecular Hbond substituents is 1. The topological polar surface area (TPSA) is 151 Å². The van der Waals surface area contributed by atoms with Crippen molar-refractivity contribution >= 4 is 29.7 Å². The molecule has 1 amide bonds. The number of primary amides is 1. The van der Waals surface area contributed by atoms with E-state index < -0.39 is 29.9 Å². The number of ether oxygens (including phenoxy) is 4. The van der Waals surface area contributed by atoms with Crippen molar-refractivity contribution in [1.29, 1.82) is 0 Å². The van der Waals surface area contributed by atoms with Crippen molar-refractivity contribution < 1.29 is 43.2 Å². The number of Topliss-reactive ketones (excluding diaryl/α,β-unsaturated/α-hetero) is 1. The summed E-state index contributed by atoms with van der Waals surface area (Å²) in [5, 5.41) is 11.5. The lowest BCUT2D eigenvalue weighted by atomic mass is 9.83. The zero-order chi connectivity index (χ0) is 28.8. The van der Waals surface area contributed by atoms with Gasteiger partial charge in [-0.2, -0.15) is 0 Å². The molecular formula is C30H33NO9. The fourth-order valence-corrected chi connectivity index (χ4v) is 4.97. The molecule has 40 heavy (non-hydrogen) atoms. The fraction of sp³-hybridized carbons (Fsp3) is 0.400. The number of rotatable bonds is 5. The number of allylic oxidation sites excluding steroid dienone is 1. The quantitative estimate of drug-likeness (QED) is 0.412. The average Bonchev–Trinajstić information content (AvgIpc) is 2.90. The first-order valence-corrected chi connectivity index (χ1v) is 13.3. The predicted octanol–water partition coefficient (Wildman–Crippen LogP) is 4.19. The Balaban J connectivity index is 1.78. The highest BCUT2D eigenvalue weighted by molar-refractivity contribution is 5.98. The molecule has 10 heteroatoms. The van der Waals surface area contributed by atoms with Gasteiger partial charge in [0.05, 0.1) is 19.6 Å². The van der Waals surface area contributed by atoms with E-state index in [1.807, 2.05) is 6.08 Å². The molecule has 4 rings (SSSR count). The Morgan fingerprint density at radius 1 is 1.12 bits per heavy atom. The van der Waals surface area contributed by atoms with Crippen molar-refractivity contribution in [3.8, 4) is 23.0 Å². The highest BCUT2D eigenvalue weighted by atomic mass is 16.5. The number of esters is 2. The molecule has 0 saturated heterocycles. The van der Waals surface area contributed by atoms with E-state index in [2.05, 4.69) is 0 Å². The Kier molecular flexibility index (Phi) is 9.08. The van der Waals surface area contributed by atoms with E-state index in [1.54, 1.807) is 37.3 Å². The summed E-state index contributed by atoms with van der Waals surface area (Å²) < 4.78 is 22.0. The number of ketones is 1. The molecule has 2 aliphatic rings. The van der Waals surface area contributed by atoms with Gasteiger partial charge in [0.1, 0.15) is 22.8 Å². The van der Waals surface area contributed by atoms with Crippen molar-refractivity contribution in [2.75, 3.05) is 13.7 Å². The van der Waals surface area contributed by atoms with Crippen LogP contribution in [0.25, 0.3) is 6.08 Å². The summed E-state index contributed by atoms with van der Waals surface area (Å²) in [6.07, 6.45) is 6.20. The van der Waals surface area contributed by atoms with Crippen molar-refractivity contribution in [1.82, 2.24) is 0 Å². The number of phenols is 1. The maximum Gasteiger partial charge on any atom is 0.342 e. The smallest absolute Gasteiger partial charge is 0.342 e. The standard InChI is InChI=1S/C30H33NO9/c1-17-7-6-10-20(32)9-5-3-4-8-19-14-24-28(29(35)27(19)30(36)39-17)21(15-26(34)40-24)18-11-12-22(23(13-18)37-2)38-16-25(31)33/h4,8,11-14,17,21,35H,3,5-7,9-10,15-16H2,1-2H3,(H2,31,33)/t17-,21+/m0/s1. The second-order valence-electron chi connectivity index (χ2n) is 9.94. The van der Waals surface area contributed by atoms with Gasteiger partial charge in [0, 0.05) is 24.3 Å². The van der Waals surface area contributed by atoms with Crippen LogP contribution in [0.5, 0.6) is 23.0 Å². The molecule has 2 heterocycles. The first-order valence-electron chi connectivity index (χ1n) is 13.3. The predicted molar refractivity (Wildman–Crippen MR) is 145 cm³/mol. The normalized spacial score (nSPS) is 19.9. The Morgan fingerprint density at radius 3 is 2.65 bits per heavy atom. The van der Waals surface area contributed by atoms with E-state index in [0.717, 1.165) is 0 Å². The number of carbonyl (C=O) groups is 4. The van der Waals surface area contributed by atoms with Gasteiger partial charge in [-0.3, -0.25) is 14.4 Å². The van der Waals surface area contributed by atoms with Crippen molar-refractivity contribution in [2.24, 2.45) is 5.73 Å². The van der Waals surface area contributed by atoms with Gasteiger partial charge in [-0.05, 0) is 61.9 Å². The van der Waals surface area contributed by atoms with Gasteiger partial charge in [-0.1, -0.05) is 18.2 Å². The zero-order valence-corrected chi connectivity index (χ0v) is 22.6. The number of benzene rings is 2. The summed E-state index contributed by atoms with van der Waals surface area (Å²) in [7, 11) is 1.43. The monoisotopic (exact) mass is 551 g/mol. The van der Waals surface area contributed by atoms with Crippen LogP contribution in [0, 0.1) is 0 Å². The Labute approximate surface area is 232 Å². The highest BCUT2D eigenvalue weighted by Crippen LogP contribution is 2.48. The van der Waals surface area contributed by atoms with Crippen molar-refractivity contribution in [3.63, 3.8) is 0 Å². The Morgan fingerprint density at radius 2 is 1.90 bits per heavy atom. The van der Waals surface area contributed by atoms with Gasteiger partial charge < -0.3 is 29.8 Å². The molecule has 0 unspecified atom stereocenters. The van der Waals surface area contributed by atoms with Crippen LogP contribution in [0.1, 0.15) is 84.8 Å². The average molecular weight is 552 g/mol. The number of aromatic hydroxyl groups is 1. The molecule has 2 aliphatic heterocycles. The van der Waals surface area contributed by atoms with Crippen LogP contribution in [-0.4, -0.2) is 48.6 Å². The molecule has 0 bridgehead atoms. The van der Waals surface area contributed by atoms with E-state index in [0.29, 0.717) is 55.4 Å². The van der Waals surface area contributed by atoms with E-state index in [1.165, 1.54) is 7.11 Å². The maximum atomic E-state index is 13.4. The molecule has 0 aliphatic carbocycles. The summed E-state index contributed by atoms with van der Waals surface area (Å²) in [6.45, 7) is 1.41. The number of nitrogens with two attached hydrogens (primary N) is 1. The lowest BCUT2D eigenvalue weighted by Gasteiger charge is -2.28. The van der Waals surface area contributed by atoms with Crippen molar-refractivity contribution in [3.05, 3.63) is 52.6 Å². The van der Waals surface area contributed by atoms with E-state index in [9.17, 15) is 24.3 Å². The van der Waals surface area contributed by atoms with Crippen LogP contribution < -0.4 is 19.9 Å². The van der Waals surface area contributed by atoms with Gasteiger partial charge >= 0.3 is 11.9 Å². The summed E-state index contributed by atoms with van der Waals surface area (Å²) >= 11 is 0. The molecule has 2 atom stereocenters. The third kappa shape index (κ3) is 6.62. The van der Waals surface area contributed by atoms with Crippen LogP contribution in [-0.2, 0) is 19.1 Å². The second-order valence-corrected chi connectivity index (χ2v) is 9.94. The zero-order valence-electron chi connectivity index (χ0n) is 22.6. The van der Waals surface area contributed by atoms with Crippen LogP contribution >= 0.6 is 0 Å². The number of amides is 1. The number of carbonyl (C=O) groups excluding carboxylic acids is 4. The second kappa shape index (κ2) is 12.7.